The van der Waals surface area contributed by atoms with Crippen LogP contribution in [-0.4, -0.2) is 17.2 Å². The molecular weight excluding hydrogens is 721 g/mol. The van der Waals surface area contributed by atoms with Crippen molar-refractivity contribution in [2.45, 2.75) is 0 Å². The Hall–Kier alpha value is -7.40. The summed E-state index contributed by atoms with van der Waals surface area (Å²) in [4.78, 5) is 0. The number of fused-ring (bicyclic) bond motifs is 10. The zero-order chi connectivity index (χ0) is 38.2. The van der Waals surface area contributed by atoms with Gasteiger partial charge in [0, 0.05) is 38.3 Å². The second-order valence-electron chi connectivity index (χ2n) is 15.2. The zero-order valence-electron chi connectivity index (χ0n) is 31.6. The van der Waals surface area contributed by atoms with E-state index in [1.54, 1.807) is 0 Å². The molecular formula is C54H36N2OSi. The largest absolute Gasteiger partial charge is 0.455 e. The SMILES string of the molecule is c1ccc(-n2c3ccccc3c3ccc([Si](c4ccccc4)(c4ccccc4)c4ccc(-n5c6ccccc6c6c7oc8ccccc8c7ccc65)cc4)cc32)cc1. The highest BCUT2D eigenvalue weighted by Gasteiger charge is 2.42. The van der Waals surface area contributed by atoms with Crippen molar-refractivity contribution in [3.8, 4) is 11.4 Å². The standard InChI is InChI=1S/C54H36N2OSi/c1-4-16-37(17-5-1)56-48-25-13-10-22-43(48)44-33-32-42(36-51(44)56)58(39-18-6-2-7-19-39,40-20-8-3-9-21-40)41-30-28-38(29-31-41)55-49-26-14-11-24-47(49)53-50(55)35-34-46-45-23-12-15-27-52(45)57-54(46)53/h1-36H. The molecule has 3 nitrogen and oxygen atoms in total. The van der Waals surface area contributed by atoms with Gasteiger partial charge in [0.2, 0.25) is 0 Å². The third-order valence-corrected chi connectivity index (χ3v) is 17.0. The van der Waals surface area contributed by atoms with Crippen molar-refractivity contribution in [2.75, 3.05) is 0 Å². The lowest BCUT2D eigenvalue weighted by molar-refractivity contribution is 0.673. The smallest absolute Gasteiger partial charge is 0.179 e. The van der Waals surface area contributed by atoms with E-state index in [0.29, 0.717) is 0 Å². The van der Waals surface area contributed by atoms with Gasteiger partial charge in [0.1, 0.15) is 11.2 Å². The first-order valence-electron chi connectivity index (χ1n) is 19.9. The van der Waals surface area contributed by atoms with E-state index in [2.05, 4.69) is 221 Å². The second kappa shape index (κ2) is 12.8. The molecule has 0 saturated carbocycles. The van der Waals surface area contributed by atoms with Gasteiger partial charge in [-0.2, -0.15) is 0 Å². The topological polar surface area (TPSA) is 23.0 Å². The van der Waals surface area contributed by atoms with Crippen LogP contribution in [0.1, 0.15) is 0 Å². The predicted octanol–water partition coefficient (Wildman–Crippen LogP) is 11.2. The van der Waals surface area contributed by atoms with Crippen LogP contribution in [0.5, 0.6) is 0 Å². The van der Waals surface area contributed by atoms with E-state index in [9.17, 15) is 0 Å². The average molecular weight is 757 g/mol. The lowest BCUT2D eigenvalue weighted by Gasteiger charge is -2.34. The first kappa shape index (κ1) is 32.8. The molecule has 58 heavy (non-hydrogen) atoms. The molecule has 0 aliphatic carbocycles. The second-order valence-corrected chi connectivity index (χ2v) is 19.0. The number of rotatable bonds is 6. The van der Waals surface area contributed by atoms with Crippen molar-refractivity contribution < 1.29 is 4.42 Å². The molecule has 0 saturated heterocycles. The molecule has 0 atom stereocenters. The van der Waals surface area contributed by atoms with Crippen LogP contribution < -0.4 is 20.7 Å². The van der Waals surface area contributed by atoms with Gasteiger partial charge in [-0.1, -0.05) is 158 Å². The summed E-state index contributed by atoms with van der Waals surface area (Å²) in [6.45, 7) is 0. The molecule has 0 N–H and O–H groups in total. The highest BCUT2D eigenvalue weighted by atomic mass is 28.3. The minimum Gasteiger partial charge on any atom is -0.455 e. The summed E-state index contributed by atoms with van der Waals surface area (Å²) in [5.41, 5.74) is 8.85. The summed E-state index contributed by atoms with van der Waals surface area (Å²) in [6, 6.07) is 80.3. The van der Waals surface area contributed by atoms with Gasteiger partial charge < -0.3 is 13.6 Å². The average Bonchev–Trinajstić information content (AvgIpc) is 3.96. The van der Waals surface area contributed by atoms with E-state index in [-0.39, 0.29) is 0 Å². The van der Waals surface area contributed by atoms with Crippen LogP contribution in [0.4, 0.5) is 0 Å². The summed E-state index contributed by atoms with van der Waals surface area (Å²) < 4.78 is 11.5. The zero-order valence-corrected chi connectivity index (χ0v) is 32.6. The fourth-order valence-corrected chi connectivity index (χ4v) is 14.5. The summed E-state index contributed by atoms with van der Waals surface area (Å²) in [5.74, 6) is 0. The van der Waals surface area contributed by atoms with Gasteiger partial charge in [-0.3, -0.25) is 0 Å². The van der Waals surface area contributed by atoms with Crippen LogP contribution >= 0.6 is 0 Å². The number of hydrogen-bond donors (Lipinski definition) is 0. The Kier molecular flexibility index (Phi) is 7.25. The third kappa shape index (κ3) is 4.67. The molecule has 9 aromatic carbocycles. The quantitative estimate of drug-likeness (QED) is 0.122. The van der Waals surface area contributed by atoms with Gasteiger partial charge in [0.15, 0.2) is 8.07 Å². The third-order valence-electron chi connectivity index (χ3n) is 12.3. The molecule has 272 valence electrons. The van der Waals surface area contributed by atoms with Gasteiger partial charge in [-0.15, -0.1) is 0 Å². The summed E-state index contributed by atoms with van der Waals surface area (Å²) in [7, 11) is -2.90. The van der Waals surface area contributed by atoms with Crippen molar-refractivity contribution in [3.05, 3.63) is 218 Å². The van der Waals surface area contributed by atoms with Crippen LogP contribution in [0.15, 0.2) is 223 Å². The number of hydrogen-bond acceptors (Lipinski definition) is 1. The van der Waals surface area contributed by atoms with Crippen molar-refractivity contribution in [1.29, 1.82) is 0 Å². The van der Waals surface area contributed by atoms with Crippen molar-refractivity contribution >= 4 is 94.4 Å². The Morgan fingerprint density at radius 3 is 1.50 bits per heavy atom. The van der Waals surface area contributed by atoms with Gasteiger partial charge >= 0.3 is 0 Å². The van der Waals surface area contributed by atoms with Crippen LogP contribution in [0.25, 0.3) is 76.9 Å². The van der Waals surface area contributed by atoms with Crippen molar-refractivity contribution in [3.63, 3.8) is 0 Å². The van der Waals surface area contributed by atoms with E-state index in [1.165, 1.54) is 47.9 Å². The lowest BCUT2D eigenvalue weighted by atomic mass is 10.1. The van der Waals surface area contributed by atoms with Gasteiger partial charge in [-0.25, -0.2) is 0 Å². The molecule has 0 amide bonds. The van der Waals surface area contributed by atoms with Gasteiger partial charge in [-0.05, 0) is 81.4 Å². The minimum absolute atomic E-state index is 0.914. The molecule has 0 spiro atoms. The van der Waals surface area contributed by atoms with Crippen LogP contribution in [0, 0.1) is 0 Å². The number of aromatic nitrogens is 2. The van der Waals surface area contributed by atoms with Crippen LogP contribution in [0.2, 0.25) is 0 Å². The van der Waals surface area contributed by atoms with Crippen molar-refractivity contribution in [1.82, 2.24) is 9.13 Å². The monoisotopic (exact) mass is 756 g/mol. The van der Waals surface area contributed by atoms with Crippen molar-refractivity contribution in [2.24, 2.45) is 0 Å². The maximum absolute atomic E-state index is 6.61. The Morgan fingerprint density at radius 1 is 0.310 bits per heavy atom. The Labute approximate surface area is 336 Å². The summed E-state index contributed by atoms with van der Waals surface area (Å²) in [6.07, 6.45) is 0. The number of nitrogens with zero attached hydrogens (tertiary/aromatic N) is 2. The molecule has 0 bridgehead atoms. The lowest BCUT2D eigenvalue weighted by Crippen LogP contribution is -2.74. The van der Waals surface area contributed by atoms with E-state index >= 15 is 0 Å². The summed E-state index contributed by atoms with van der Waals surface area (Å²) >= 11 is 0. The normalized spacial score (nSPS) is 12.1. The molecule has 0 radical (unpaired) electrons. The highest BCUT2D eigenvalue weighted by Crippen LogP contribution is 2.40. The molecule has 3 heterocycles. The first-order valence-corrected chi connectivity index (χ1v) is 21.9. The molecule has 0 fully saturated rings. The number of benzene rings is 9. The maximum Gasteiger partial charge on any atom is 0.179 e. The van der Waals surface area contributed by atoms with Crippen LogP contribution in [-0.2, 0) is 0 Å². The Balaban J connectivity index is 1.12. The predicted molar refractivity (Wildman–Crippen MR) is 246 cm³/mol. The fraction of sp³-hybridized carbons (Fsp3) is 0. The van der Waals surface area contributed by atoms with E-state index in [1.807, 2.05) is 6.07 Å². The van der Waals surface area contributed by atoms with Gasteiger partial charge in [0.05, 0.1) is 27.5 Å². The molecule has 0 aliphatic heterocycles. The Morgan fingerprint density at radius 2 is 0.793 bits per heavy atom. The molecule has 4 heteroatoms. The fourth-order valence-electron chi connectivity index (χ4n) is 9.81. The summed E-state index contributed by atoms with van der Waals surface area (Å²) in [5, 5.41) is 12.5. The van der Waals surface area contributed by atoms with E-state index < -0.39 is 8.07 Å². The number of para-hydroxylation sites is 4. The van der Waals surface area contributed by atoms with E-state index in [4.69, 9.17) is 4.42 Å². The molecule has 3 aromatic heterocycles. The molecule has 0 aliphatic rings. The van der Waals surface area contributed by atoms with Crippen LogP contribution in [0.3, 0.4) is 0 Å². The number of furan rings is 1. The molecule has 12 aromatic rings. The molecule has 0 unspecified atom stereocenters. The maximum atomic E-state index is 6.61. The Bertz CT molecular complexity index is 3450. The minimum atomic E-state index is -2.90. The van der Waals surface area contributed by atoms with Gasteiger partial charge in [0.25, 0.3) is 0 Å². The van der Waals surface area contributed by atoms with E-state index in [0.717, 1.165) is 49.7 Å². The molecule has 12 rings (SSSR count). The first-order chi connectivity index (χ1) is 28.8. The highest BCUT2D eigenvalue weighted by molar-refractivity contribution is 7.20.